The minimum Gasteiger partial charge on any atom is -0.497 e. The summed E-state index contributed by atoms with van der Waals surface area (Å²) < 4.78 is 18.5. The zero-order chi connectivity index (χ0) is 25.9. The number of carbonyl (C=O) groups excluding carboxylic acids is 1. The number of hydrogen-bond donors (Lipinski definition) is 2. The predicted molar refractivity (Wildman–Crippen MR) is 144 cm³/mol. The summed E-state index contributed by atoms with van der Waals surface area (Å²) in [6.45, 7) is 2.00. The third-order valence-electron chi connectivity index (χ3n) is 6.32. The number of para-hydroxylation sites is 1. The van der Waals surface area contributed by atoms with Crippen molar-refractivity contribution >= 4 is 23.1 Å². The van der Waals surface area contributed by atoms with Crippen LogP contribution in [0.5, 0.6) is 17.2 Å². The Morgan fingerprint density at radius 1 is 0.973 bits per heavy atom. The van der Waals surface area contributed by atoms with E-state index in [1.54, 1.807) is 32.2 Å². The van der Waals surface area contributed by atoms with Crippen LogP contribution in [0.1, 0.15) is 33.1 Å². The van der Waals surface area contributed by atoms with E-state index in [-0.39, 0.29) is 11.9 Å². The number of fused-ring (bicyclic) bond motifs is 1. The molecule has 1 aliphatic rings. The first-order chi connectivity index (χ1) is 18.0. The van der Waals surface area contributed by atoms with Gasteiger partial charge in [0.2, 0.25) is 0 Å². The second-order valence-electron chi connectivity index (χ2n) is 8.64. The van der Waals surface area contributed by atoms with Crippen molar-refractivity contribution in [3.8, 4) is 17.2 Å². The Labute approximate surface area is 215 Å². The topological polar surface area (TPSA) is 86.6 Å². The highest BCUT2D eigenvalue weighted by atomic mass is 16.5. The maximum atomic E-state index is 13.4. The van der Waals surface area contributed by atoms with Crippen LogP contribution in [0.3, 0.4) is 0 Å². The number of amides is 1. The Kier molecular flexibility index (Phi) is 6.55. The van der Waals surface area contributed by atoms with Gasteiger partial charge in [0.15, 0.2) is 11.5 Å². The lowest BCUT2D eigenvalue weighted by Crippen LogP contribution is -2.22. The largest absolute Gasteiger partial charge is 0.497 e. The maximum absolute atomic E-state index is 13.4. The SMILES string of the molecule is COc1cccc(C2=CC(c3cccc(OC)c3OC)n3ncc(C(=O)Nc4ccc(C)cc4)c3N2)c1. The minimum atomic E-state index is -0.372. The molecule has 1 unspecified atom stereocenters. The van der Waals surface area contributed by atoms with Gasteiger partial charge in [0, 0.05) is 22.5 Å². The van der Waals surface area contributed by atoms with Crippen molar-refractivity contribution in [1.82, 2.24) is 9.78 Å². The summed E-state index contributed by atoms with van der Waals surface area (Å²) in [7, 11) is 4.85. The van der Waals surface area contributed by atoms with Crippen LogP contribution < -0.4 is 24.8 Å². The molecule has 37 heavy (non-hydrogen) atoms. The van der Waals surface area contributed by atoms with Crippen LogP contribution in [0.25, 0.3) is 5.70 Å². The summed E-state index contributed by atoms with van der Waals surface area (Å²) in [4.78, 5) is 13.4. The van der Waals surface area contributed by atoms with E-state index in [0.717, 1.165) is 28.1 Å². The number of rotatable bonds is 7. The van der Waals surface area contributed by atoms with Crippen molar-refractivity contribution in [2.45, 2.75) is 13.0 Å². The normalized spacial score (nSPS) is 14.2. The molecule has 0 spiro atoms. The molecule has 1 amide bonds. The number of nitrogens with zero attached hydrogens (tertiary/aromatic N) is 2. The van der Waals surface area contributed by atoms with Crippen molar-refractivity contribution in [3.05, 3.63) is 101 Å². The van der Waals surface area contributed by atoms with Crippen molar-refractivity contribution in [2.75, 3.05) is 32.0 Å². The Morgan fingerprint density at radius 2 is 1.76 bits per heavy atom. The maximum Gasteiger partial charge on any atom is 0.261 e. The lowest BCUT2D eigenvalue weighted by Gasteiger charge is -2.27. The molecule has 1 aromatic heterocycles. The van der Waals surface area contributed by atoms with Gasteiger partial charge in [-0.25, -0.2) is 4.68 Å². The summed E-state index contributed by atoms with van der Waals surface area (Å²) >= 11 is 0. The monoisotopic (exact) mass is 496 g/mol. The fourth-order valence-electron chi connectivity index (χ4n) is 4.42. The number of benzene rings is 3. The van der Waals surface area contributed by atoms with Crippen LogP contribution in [0, 0.1) is 6.92 Å². The van der Waals surface area contributed by atoms with Crippen LogP contribution in [-0.4, -0.2) is 37.0 Å². The quantitative estimate of drug-likeness (QED) is 0.350. The van der Waals surface area contributed by atoms with Crippen LogP contribution >= 0.6 is 0 Å². The van der Waals surface area contributed by atoms with Crippen molar-refractivity contribution in [1.29, 1.82) is 0 Å². The average Bonchev–Trinajstić information content (AvgIpc) is 3.37. The highest BCUT2D eigenvalue weighted by Crippen LogP contribution is 2.42. The number of nitrogens with one attached hydrogen (secondary N) is 2. The van der Waals surface area contributed by atoms with Gasteiger partial charge in [0.05, 0.1) is 27.5 Å². The van der Waals surface area contributed by atoms with E-state index < -0.39 is 0 Å². The second-order valence-corrected chi connectivity index (χ2v) is 8.64. The van der Waals surface area contributed by atoms with Gasteiger partial charge in [-0.2, -0.15) is 5.10 Å². The van der Waals surface area contributed by atoms with Gasteiger partial charge in [-0.3, -0.25) is 4.79 Å². The summed E-state index contributed by atoms with van der Waals surface area (Å²) in [6.07, 6.45) is 3.63. The van der Waals surface area contributed by atoms with Gasteiger partial charge in [-0.05, 0) is 43.3 Å². The zero-order valence-corrected chi connectivity index (χ0v) is 21.1. The van der Waals surface area contributed by atoms with Crippen molar-refractivity contribution in [3.63, 3.8) is 0 Å². The van der Waals surface area contributed by atoms with Crippen molar-refractivity contribution < 1.29 is 19.0 Å². The first kappa shape index (κ1) is 24.0. The molecule has 8 nitrogen and oxygen atoms in total. The van der Waals surface area contributed by atoms with E-state index in [4.69, 9.17) is 14.2 Å². The van der Waals surface area contributed by atoms with Crippen LogP contribution in [0.4, 0.5) is 11.5 Å². The third kappa shape index (κ3) is 4.61. The zero-order valence-electron chi connectivity index (χ0n) is 21.1. The van der Waals surface area contributed by atoms with Gasteiger partial charge >= 0.3 is 0 Å². The van der Waals surface area contributed by atoms with Crippen LogP contribution in [0.15, 0.2) is 79.0 Å². The molecule has 2 N–H and O–H groups in total. The lowest BCUT2D eigenvalue weighted by atomic mass is 9.99. The smallest absolute Gasteiger partial charge is 0.261 e. The van der Waals surface area contributed by atoms with E-state index in [1.807, 2.05) is 79.7 Å². The first-order valence-corrected chi connectivity index (χ1v) is 11.8. The fourth-order valence-corrected chi connectivity index (χ4v) is 4.42. The Morgan fingerprint density at radius 3 is 2.49 bits per heavy atom. The molecule has 3 aromatic carbocycles. The predicted octanol–water partition coefficient (Wildman–Crippen LogP) is 5.53. The fraction of sp³-hybridized carbons (Fsp3) is 0.172. The number of methoxy groups -OCH3 is 3. The molecule has 0 saturated heterocycles. The molecular weight excluding hydrogens is 468 g/mol. The van der Waals surface area contributed by atoms with Crippen LogP contribution in [-0.2, 0) is 0 Å². The third-order valence-corrected chi connectivity index (χ3v) is 6.32. The number of aromatic nitrogens is 2. The Bertz CT molecular complexity index is 1470. The molecule has 188 valence electrons. The summed E-state index contributed by atoms with van der Waals surface area (Å²) in [5.41, 5.74) is 4.81. The van der Waals surface area contributed by atoms with Gasteiger partial charge in [-0.15, -0.1) is 0 Å². The molecule has 5 rings (SSSR count). The summed E-state index contributed by atoms with van der Waals surface area (Å²) in [5.74, 6) is 2.25. The summed E-state index contributed by atoms with van der Waals surface area (Å²) in [6, 6.07) is 20.8. The molecule has 1 aliphatic heterocycles. The Balaban J connectivity index is 1.61. The van der Waals surface area contributed by atoms with Gasteiger partial charge < -0.3 is 24.8 Å². The number of aryl methyl sites for hydroxylation is 1. The van der Waals surface area contributed by atoms with Crippen molar-refractivity contribution in [2.24, 2.45) is 0 Å². The van der Waals surface area contributed by atoms with E-state index in [9.17, 15) is 4.79 Å². The Hall–Kier alpha value is -4.72. The van der Waals surface area contributed by atoms with Crippen LogP contribution in [0.2, 0.25) is 0 Å². The lowest BCUT2D eigenvalue weighted by molar-refractivity contribution is 0.102. The highest BCUT2D eigenvalue weighted by molar-refractivity contribution is 6.08. The molecule has 4 aromatic rings. The minimum absolute atomic E-state index is 0.263. The van der Waals surface area contributed by atoms with Gasteiger partial charge in [0.25, 0.3) is 5.91 Å². The molecular formula is C29H28N4O4. The molecule has 8 heteroatoms. The van der Waals surface area contributed by atoms with Gasteiger partial charge in [0.1, 0.15) is 23.2 Å². The number of anilines is 2. The first-order valence-electron chi connectivity index (χ1n) is 11.8. The molecule has 1 atom stereocenters. The van der Waals surface area contributed by atoms with E-state index in [2.05, 4.69) is 15.7 Å². The molecule has 0 radical (unpaired) electrons. The molecule has 0 fully saturated rings. The number of allylic oxidation sites excluding steroid dienone is 1. The molecule has 0 bridgehead atoms. The summed E-state index contributed by atoms with van der Waals surface area (Å²) in [5, 5.41) is 11.0. The number of ether oxygens (including phenoxy) is 3. The van der Waals surface area contributed by atoms with E-state index in [1.165, 1.54) is 0 Å². The van der Waals surface area contributed by atoms with E-state index in [0.29, 0.717) is 28.6 Å². The van der Waals surface area contributed by atoms with E-state index >= 15 is 0 Å². The standard InChI is InChI=1S/C29H28N4O4/c1-18-11-13-20(14-12-18)31-29(34)23-17-30-33-25(22-9-6-10-26(36-3)27(22)37-4)16-24(32-28(23)33)19-7-5-8-21(15-19)35-2/h5-17,25,32H,1-4H3,(H,31,34). The van der Waals surface area contributed by atoms with Gasteiger partial charge in [-0.1, -0.05) is 42.0 Å². The highest BCUT2D eigenvalue weighted by Gasteiger charge is 2.30. The second kappa shape index (κ2) is 10.1. The average molecular weight is 497 g/mol. The molecule has 0 aliphatic carbocycles. The molecule has 0 saturated carbocycles. The molecule has 2 heterocycles. The number of hydrogen-bond acceptors (Lipinski definition) is 6. The number of carbonyl (C=O) groups is 1.